The fourth-order valence-corrected chi connectivity index (χ4v) is 2.66. The standard InChI is InChI=1S/C16H15FN2OS/c17-11-5-3-6-12(9-11)20-16-13(15(18)21)8-10-4-1-2-7-14(10)19-16/h3,5-6,8-9H,1-2,4,7H2,(H2,18,21). The number of nitrogens with zero attached hydrogens (tertiary/aromatic N) is 1. The molecule has 1 aromatic carbocycles. The Hall–Kier alpha value is -2.01. The first kappa shape index (κ1) is 13.9. The van der Waals surface area contributed by atoms with Gasteiger partial charge in [0.1, 0.15) is 16.6 Å². The zero-order valence-electron chi connectivity index (χ0n) is 11.4. The van der Waals surface area contributed by atoms with Crippen LogP contribution >= 0.6 is 12.2 Å². The van der Waals surface area contributed by atoms with Crippen molar-refractivity contribution in [2.75, 3.05) is 0 Å². The van der Waals surface area contributed by atoms with E-state index in [4.69, 9.17) is 22.7 Å². The van der Waals surface area contributed by atoms with E-state index in [-0.39, 0.29) is 10.8 Å². The number of aromatic nitrogens is 1. The molecule has 0 aliphatic heterocycles. The third-order valence-corrected chi connectivity index (χ3v) is 3.76. The van der Waals surface area contributed by atoms with Crippen molar-refractivity contribution in [3.8, 4) is 11.6 Å². The summed E-state index contributed by atoms with van der Waals surface area (Å²) in [7, 11) is 0. The summed E-state index contributed by atoms with van der Waals surface area (Å²) in [6, 6.07) is 7.89. The fourth-order valence-electron chi connectivity index (χ4n) is 2.51. The van der Waals surface area contributed by atoms with Gasteiger partial charge in [0, 0.05) is 11.8 Å². The van der Waals surface area contributed by atoms with Gasteiger partial charge in [0.15, 0.2) is 0 Å². The van der Waals surface area contributed by atoms with Crippen LogP contribution in [0.2, 0.25) is 0 Å². The Morgan fingerprint density at radius 2 is 2.05 bits per heavy atom. The van der Waals surface area contributed by atoms with Gasteiger partial charge in [-0.25, -0.2) is 9.37 Å². The van der Waals surface area contributed by atoms with E-state index < -0.39 is 0 Å². The van der Waals surface area contributed by atoms with Crippen LogP contribution in [0, 0.1) is 5.82 Å². The molecule has 1 aliphatic rings. The van der Waals surface area contributed by atoms with Crippen LogP contribution in [0.1, 0.15) is 29.7 Å². The summed E-state index contributed by atoms with van der Waals surface area (Å²) >= 11 is 5.08. The van der Waals surface area contributed by atoms with Crippen LogP contribution in [0.4, 0.5) is 4.39 Å². The molecule has 0 spiro atoms. The molecule has 1 heterocycles. The van der Waals surface area contributed by atoms with Gasteiger partial charge in [-0.1, -0.05) is 18.3 Å². The van der Waals surface area contributed by atoms with E-state index in [2.05, 4.69) is 4.98 Å². The van der Waals surface area contributed by atoms with E-state index in [1.165, 1.54) is 17.7 Å². The molecule has 2 N–H and O–H groups in total. The molecular formula is C16H15FN2OS. The van der Waals surface area contributed by atoms with Crippen molar-refractivity contribution >= 4 is 17.2 Å². The Bertz CT molecular complexity index is 703. The summed E-state index contributed by atoms with van der Waals surface area (Å²) in [5, 5.41) is 0. The van der Waals surface area contributed by atoms with Gasteiger partial charge < -0.3 is 10.5 Å². The van der Waals surface area contributed by atoms with Crippen LogP contribution in [-0.4, -0.2) is 9.97 Å². The minimum atomic E-state index is -0.359. The van der Waals surface area contributed by atoms with Crippen molar-refractivity contribution in [1.82, 2.24) is 4.98 Å². The molecular weight excluding hydrogens is 287 g/mol. The molecule has 0 saturated heterocycles. The highest BCUT2D eigenvalue weighted by Gasteiger charge is 2.18. The van der Waals surface area contributed by atoms with Gasteiger partial charge in [-0.3, -0.25) is 0 Å². The number of nitrogens with two attached hydrogens (primary N) is 1. The zero-order valence-corrected chi connectivity index (χ0v) is 12.3. The van der Waals surface area contributed by atoms with Gasteiger partial charge >= 0.3 is 0 Å². The first-order valence-corrected chi connectivity index (χ1v) is 7.30. The number of halogens is 1. The predicted molar refractivity (Wildman–Crippen MR) is 83.2 cm³/mol. The number of ether oxygens (including phenoxy) is 1. The molecule has 108 valence electrons. The molecule has 0 amide bonds. The monoisotopic (exact) mass is 302 g/mol. The molecule has 5 heteroatoms. The van der Waals surface area contributed by atoms with E-state index in [1.54, 1.807) is 12.1 Å². The summed E-state index contributed by atoms with van der Waals surface area (Å²) in [5.41, 5.74) is 8.57. The second-order valence-corrected chi connectivity index (χ2v) is 5.52. The molecule has 21 heavy (non-hydrogen) atoms. The van der Waals surface area contributed by atoms with Crippen molar-refractivity contribution < 1.29 is 9.13 Å². The fraction of sp³-hybridized carbons (Fsp3) is 0.250. The third kappa shape index (κ3) is 3.03. The number of rotatable bonds is 3. The number of fused-ring (bicyclic) bond motifs is 1. The topological polar surface area (TPSA) is 48.1 Å². The summed E-state index contributed by atoms with van der Waals surface area (Å²) < 4.78 is 19.0. The lowest BCUT2D eigenvalue weighted by Gasteiger charge is -2.18. The number of pyridine rings is 1. The largest absolute Gasteiger partial charge is 0.438 e. The Kier molecular flexibility index (Phi) is 3.84. The van der Waals surface area contributed by atoms with E-state index in [0.29, 0.717) is 17.2 Å². The van der Waals surface area contributed by atoms with E-state index >= 15 is 0 Å². The minimum Gasteiger partial charge on any atom is -0.438 e. The highest BCUT2D eigenvalue weighted by atomic mass is 32.1. The van der Waals surface area contributed by atoms with Crippen molar-refractivity contribution in [3.63, 3.8) is 0 Å². The Morgan fingerprint density at radius 3 is 2.81 bits per heavy atom. The van der Waals surface area contributed by atoms with Crippen LogP contribution in [0.5, 0.6) is 11.6 Å². The van der Waals surface area contributed by atoms with Crippen LogP contribution < -0.4 is 10.5 Å². The number of hydrogen-bond acceptors (Lipinski definition) is 3. The second kappa shape index (κ2) is 5.77. The van der Waals surface area contributed by atoms with Crippen LogP contribution in [0.15, 0.2) is 30.3 Å². The SMILES string of the molecule is NC(=S)c1cc2c(nc1Oc1cccc(F)c1)CCCC2. The van der Waals surface area contributed by atoms with Crippen molar-refractivity contribution in [2.24, 2.45) is 5.73 Å². The maximum atomic E-state index is 13.3. The van der Waals surface area contributed by atoms with Gasteiger partial charge in [0.05, 0.1) is 5.56 Å². The lowest BCUT2D eigenvalue weighted by atomic mass is 9.95. The molecule has 0 radical (unpaired) electrons. The van der Waals surface area contributed by atoms with Gasteiger partial charge in [-0.2, -0.15) is 0 Å². The molecule has 0 atom stereocenters. The summed E-state index contributed by atoms with van der Waals surface area (Å²) in [5.74, 6) is 0.381. The minimum absolute atomic E-state index is 0.238. The molecule has 0 saturated carbocycles. The van der Waals surface area contributed by atoms with Crippen molar-refractivity contribution in [3.05, 3.63) is 53.0 Å². The van der Waals surface area contributed by atoms with Gasteiger partial charge in [-0.05, 0) is 49.4 Å². The average Bonchev–Trinajstić information content (AvgIpc) is 2.46. The van der Waals surface area contributed by atoms with Gasteiger partial charge in [0.2, 0.25) is 5.88 Å². The molecule has 2 aromatic rings. The third-order valence-electron chi connectivity index (χ3n) is 3.54. The quantitative estimate of drug-likeness (QED) is 0.881. The molecule has 3 rings (SSSR count). The van der Waals surface area contributed by atoms with Crippen molar-refractivity contribution in [1.29, 1.82) is 0 Å². The highest BCUT2D eigenvalue weighted by molar-refractivity contribution is 7.80. The smallest absolute Gasteiger partial charge is 0.229 e. The molecule has 0 fully saturated rings. The lowest BCUT2D eigenvalue weighted by Crippen LogP contribution is -2.15. The Morgan fingerprint density at radius 1 is 1.24 bits per heavy atom. The van der Waals surface area contributed by atoms with Gasteiger partial charge in [0.25, 0.3) is 0 Å². The summed E-state index contributed by atoms with van der Waals surface area (Å²) in [6.45, 7) is 0. The molecule has 3 nitrogen and oxygen atoms in total. The summed E-state index contributed by atoms with van der Waals surface area (Å²) in [4.78, 5) is 4.79. The number of thiocarbonyl (C=S) groups is 1. The zero-order chi connectivity index (χ0) is 14.8. The van der Waals surface area contributed by atoms with E-state index in [0.717, 1.165) is 31.4 Å². The van der Waals surface area contributed by atoms with Crippen molar-refractivity contribution in [2.45, 2.75) is 25.7 Å². The van der Waals surface area contributed by atoms with Crippen LogP contribution in [0.3, 0.4) is 0 Å². The lowest BCUT2D eigenvalue weighted by molar-refractivity contribution is 0.452. The predicted octanol–water partition coefficient (Wildman–Crippen LogP) is 3.53. The molecule has 1 aromatic heterocycles. The number of aryl methyl sites for hydroxylation is 2. The first-order chi connectivity index (χ1) is 10.1. The Balaban J connectivity index is 2.01. The number of hydrogen-bond donors (Lipinski definition) is 1. The second-order valence-electron chi connectivity index (χ2n) is 5.08. The first-order valence-electron chi connectivity index (χ1n) is 6.89. The average molecular weight is 302 g/mol. The molecule has 0 bridgehead atoms. The Labute approximate surface area is 128 Å². The van der Waals surface area contributed by atoms with Crippen LogP contribution in [0.25, 0.3) is 0 Å². The van der Waals surface area contributed by atoms with Crippen LogP contribution in [-0.2, 0) is 12.8 Å². The molecule has 0 unspecified atom stereocenters. The maximum Gasteiger partial charge on any atom is 0.229 e. The normalized spacial score (nSPS) is 13.6. The highest BCUT2D eigenvalue weighted by Crippen LogP contribution is 2.29. The van der Waals surface area contributed by atoms with E-state index in [9.17, 15) is 4.39 Å². The van der Waals surface area contributed by atoms with Gasteiger partial charge in [-0.15, -0.1) is 0 Å². The summed E-state index contributed by atoms with van der Waals surface area (Å²) in [6.07, 6.45) is 4.17. The molecule has 1 aliphatic carbocycles. The van der Waals surface area contributed by atoms with E-state index in [1.807, 2.05) is 6.07 Å². The maximum absolute atomic E-state index is 13.3. The number of benzene rings is 1.